The van der Waals surface area contributed by atoms with Gasteiger partial charge in [-0.25, -0.2) is 0 Å². The molecule has 1 saturated carbocycles. The van der Waals surface area contributed by atoms with Crippen LogP contribution in [0.4, 0.5) is 5.69 Å². The van der Waals surface area contributed by atoms with Gasteiger partial charge in [0.25, 0.3) is 0 Å². The van der Waals surface area contributed by atoms with Crippen molar-refractivity contribution in [2.45, 2.75) is 27.2 Å². The molecule has 1 aliphatic rings. The molecule has 2 rings (SSSR count). The van der Waals surface area contributed by atoms with Gasteiger partial charge in [0.05, 0.1) is 4.92 Å². The van der Waals surface area contributed by atoms with Crippen molar-refractivity contribution in [3.05, 3.63) is 22.0 Å². The molecule has 8 heteroatoms. The summed E-state index contributed by atoms with van der Waals surface area (Å²) in [5.41, 5.74) is -1.76. The number of aromatic nitrogens is 2. The van der Waals surface area contributed by atoms with E-state index in [-0.39, 0.29) is 0 Å². The lowest BCUT2D eigenvalue weighted by atomic mass is 9.65. The highest BCUT2D eigenvalue weighted by molar-refractivity contribution is 6.27. The smallest absolute Gasteiger partial charge is 0.298 e. The molecule has 0 saturated heterocycles. The first-order valence-electron chi connectivity index (χ1n) is 6.86. The van der Waals surface area contributed by atoms with E-state index in [0.717, 1.165) is 10.9 Å². The highest BCUT2D eigenvalue weighted by atomic mass is 16.6. The summed E-state index contributed by atoms with van der Waals surface area (Å²) in [5.74, 6) is -3.84. The van der Waals surface area contributed by atoms with E-state index in [9.17, 15) is 24.5 Å². The monoisotopic (exact) mass is 307 g/mol. The number of aryl methyl sites for hydroxylation is 1. The molecule has 0 radical (unpaired) electrons. The fourth-order valence-corrected chi connectivity index (χ4v) is 2.94. The van der Waals surface area contributed by atoms with Gasteiger partial charge in [0.1, 0.15) is 12.1 Å². The van der Waals surface area contributed by atoms with Crippen LogP contribution in [0.3, 0.4) is 0 Å². The summed E-state index contributed by atoms with van der Waals surface area (Å²) in [4.78, 5) is 47.6. The fraction of sp³-hybridized carbons (Fsp3) is 0.571. The summed E-state index contributed by atoms with van der Waals surface area (Å²) >= 11 is 0. The minimum absolute atomic E-state index is 0.360. The van der Waals surface area contributed by atoms with Crippen molar-refractivity contribution in [3.8, 4) is 0 Å². The van der Waals surface area contributed by atoms with Gasteiger partial charge in [0, 0.05) is 18.4 Å². The van der Waals surface area contributed by atoms with Crippen molar-refractivity contribution in [3.63, 3.8) is 0 Å². The van der Waals surface area contributed by atoms with Crippen LogP contribution in [0.2, 0.25) is 0 Å². The van der Waals surface area contributed by atoms with Gasteiger partial charge in [0.15, 0.2) is 11.6 Å². The van der Waals surface area contributed by atoms with Gasteiger partial charge in [-0.05, 0) is 6.42 Å². The zero-order valence-electron chi connectivity index (χ0n) is 12.8. The highest BCUT2D eigenvalue weighted by Crippen LogP contribution is 2.38. The first-order chi connectivity index (χ1) is 10.1. The lowest BCUT2D eigenvalue weighted by Gasteiger charge is -2.35. The third-order valence-electron chi connectivity index (χ3n) is 4.02. The number of nitro groups is 1. The second-order valence-electron chi connectivity index (χ2n) is 6.35. The van der Waals surface area contributed by atoms with E-state index in [1.54, 1.807) is 20.8 Å². The van der Waals surface area contributed by atoms with Crippen molar-refractivity contribution in [1.29, 1.82) is 0 Å². The molecule has 1 aromatic heterocycles. The van der Waals surface area contributed by atoms with Crippen molar-refractivity contribution < 1.29 is 19.3 Å². The normalized spacial score (nSPS) is 24.4. The molecular weight excluding hydrogens is 290 g/mol. The zero-order valence-corrected chi connectivity index (χ0v) is 12.8. The molecule has 118 valence electrons. The van der Waals surface area contributed by atoms with E-state index < -0.39 is 50.9 Å². The Morgan fingerprint density at radius 3 is 2.59 bits per heavy atom. The Morgan fingerprint density at radius 2 is 2.05 bits per heavy atom. The number of Topliss-reactive ketones (excluding diaryl/α,β-unsaturated/α-hetero) is 3. The van der Waals surface area contributed by atoms with E-state index >= 15 is 0 Å². The van der Waals surface area contributed by atoms with Crippen LogP contribution in [-0.2, 0) is 16.6 Å². The van der Waals surface area contributed by atoms with Crippen molar-refractivity contribution >= 4 is 23.0 Å². The minimum atomic E-state index is -1.51. The Balaban J connectivity index is 2.50. The van der Waals surface area contributed by atoms with Crippen molar-refractivity contribution in [2.75, 3.05) is 0 Å². The molecular formula is C14H17N3O5. The first-order valence-corrected chi connectivity index (χ1v) is 6.86. The number of rotatable bonds is 3. The average Bonchev–Trinajstić information content (AvgIpc) is 2.79. The second-order valence-corrected chi connectivity index (χ2v) is 6.35. The van der Waals surface area contributed by atoms with Gasteiger partial charge in [-0.2, -0.15) is 5.10 Å². The lowest BCUT2D eigenvalue weighted by Crippen LogP contribution is -2.48. The number of hydrogen-bond donors (Lipinski definition) is 0. The lowest BCUT2D eigenvalue weighted by molar-refractivity contribution is -0.385. The molecule has 0 aliphatic heterocycles. The molecule has 0 amide bonds. The predicted octanol–water partition coefficient (Wildman–Crippen LogP) is 1.33. The maximum Gasteiger partial charge on any atom is 0.318 e. The molecule has 1 aliphatic carbocycles. The summed E-state index contributed by atoms with van der Waals surface area (Å²) in [6, 6.07) is 0. The third kappa shape index (κ3) is 2.44. The molecule has 2 atom stereocenters. The zero-order chi connectivity index (χ0) is 16.8. The van der Waals surface area contributed by atoms with Gasteiger partial charge in [0.2, 0.25) is 11.5 Å². The maximum atomic E-state index is 12.6. The van der Waals surface area contributed by atoms with Crippen LogP contribution >= 0.6 is 0 Å². The van der Waals surface area contributed by atoms with E-state index in [0.29, 0.717) is 6.42 Å². The SMILES string of the molecule is CC1CC(C)(C)C(=O)C(C(=O)c2nn(C)cc2[N+](=O)[O-])C1=O. The minimum Gasteiger partial charge on any atom is -0.298 e. The Labute approximate surface area is 126 Å². The van der Waals surface area contributed by atoms with Gasteiger partial charge < -0.3 is 0 Å². The predicted molar refractivity (Wildman–Crippen MR) is 75.3 cm³/mol. The van der Waals surface area contributed by atoms with Crippen molar-refractivity contribution in [1.82, 2.24) is 9.78 Å². The molecule has 2 unspecified atom stereocenters. The van der Waals surface area contributed by atoms with Crippen LogP contribution in [0.15, 0.2) is 6.20 Å². The molecule has 0 bridgehead atoms. The molecule has 1 fully saturated rings. The average molecular weight is 307 g/mol. The standard InChI is InChI=1S/C14H17N3O5/c1-7-5-14(2,3)13(20)9(11(7)18)12(19)10-8(17(21)22)6-16(4)15-10/h6-7,9H,5H2,1-4H3. The summed E-state index contributed by atoms with van der Waals surface area (Å²) in [6.07, 6.45) is 1.44. The first kappa shape index (κ1) is 16.0. The van der Waals surface area contributed by atoms with Crippen LogP contribution in [0.1, 0.15) is 37.7 Å². The molecule has 0 aromatic carbocycles. The Hall–Kier alpha value is -2.38. The fourth-order valence-electron chi connectivity index (χ4n) is 2.94. The van der Waals surface area contributed by atoms with E-state index in [1.807, 2.05) is 0 Å². The van der Waals surface area contributed by atoms with Gasteiger partial charge >= 0.3 is 5.69 Å². The van der Waals surface area contributed by atoms with Crippen molar-refractivity contribution in [2.24, 2.45) is 24.3 Å². The van der Waals surface area contributed by atoms with E-state index in [1.165, 1.54) is 7.05 Å². The van der Waals surface area contributed by atoms with Crippen LogP contribution in [0.25, 0.3) is 0 Å². The summed E-state index contributed by atoms with van der Waals surface area (Å²) in [6.45, 7) is 5.00. The van der Waals surface area contributed by atoms with Gasteiger partial charge in [-0.1, -0.05) is 20.8 Å². The van der Waals surface area contributed by atoms with Crippen LogP contribution in [0.5, 0.6) is 0 Å². The second kappa shape index (κ2) is 5.11. The third-order valence-corrected chi connectivity index (χ3v) is 4.02. The van der Waals surface area contributed by atoms with Crippen LogP contribution in [0, 0.1) is 27.4 Å². The molecule has 0 spiro atoms. The van der Waals surface area contributed by atoms with Crippen LogP contribution < -0.4 is 0 Å². The van der Waals surface area contributed by atoms with Gasteiger partial charge in [-0.3, -0.25) is 29.2 Å². The summed E-state index contributed by atoms with van der Waals surface area (Å²) in [5, 5.41) is 14.8. The quantitative estimate of drug-likeness (QED) is 0.360. The molecule has 0 N–H and O–H groups in total. The molecule has 1 aromatic rings. The van der Waals surface area contributed by atoms with E-state index in [4.69, 9.17) is 0 Å². The van der Waals surface area contributed by atoms with Gasteiger partial charge in [-0.15, -0.1) is 0 Å². The topological polar surface area (TPSA) is 112 Å². The maximum absolute atomic E-state index is 12.6. The highest BCUT2D eigenvalue weighted by Gasteiger charge is 2.50. The summed E-state index contributed by atoms with van der Waals surface area (Å²) < 4.78 is 1.12. The Morgan fingerprint density at radius 1 is 1.45 bits per heavy atom. The molecule has 8 nitrogen and oxygen atoms in total. The number of carbonyl (C=O) groups is 3. The summed E-state index contributed by atoms with van der Waals surface area (Å²) in [7, 11) is 1.43. The Bertz CT molecular complexity index is 689. The van der Waals surface area contributed by atoms with E-state index in [2.05, 4.69) is 5.10 Å². The largest absolute Gasteiger partial charge is 0.318 e. The Kier molecular flexibility index (Phi) is 3.72. The number of hydrogen-bond acceptors (Lipinski definition) is 6. The number of carbonyl (C=O) groups excluding carboxylic acids is 3. The molecule has 1 heterocycles. The molecule has 22 heavy (non-hydrogen) atoms. The van der Waals surface area contributed by atoms with Crippen LogP contribution in [-0.4, -0.2) is 32.1 Å². The number of nitrogens with zero attached hydrogens (tertiary/aromatic N) is 3. The number of ketones is 3.